The zero-order chi connectivity index (χ0) is 22.8. The second-order valence-electron chi connectivity index (χ2n) is 8.62. The van der Waals surface area contributed by atoms with E-state index in [0.29, 0.717) is 17.7 Å². The number of aromatic nitrogens is 1. The molecule has 32 heavy (non-hydrogen) atoms. The number of aryl methyl sites for hydroxylation is 1. The fraction of sp³-hybridized carbons (Fsp3) is 0.417. The van der Waals surface area contributed by atoms with Crippen molar-refractivity contribution >= 4 is 45.1 Å². The second-order valence-corrected chi connectivity index (χ2v) is 9.54. The van der Waals surface area contributed by atoms with E-state index in [-0.39, 0.29) is 11.8 Å². The van der Waals surface area contributed by atoms with Crippen LogP contribution in [-0.2, 0) is 4.79 Å². The van der Waals surface area contributed by atoms with Crippen LogP contribution in [0.25, 0.3) is 11.6 Å². The van der Waals surface area contributed by atoms with Gasteiger partial charge < -0.3 is 25.4 Å². The first-order chi connectivity index (χ1) is 15.3. The quantitative estimate of drug-likeness (QED) is 0.420. The van der Waals surface area contributed by atoms with Crippen molar-refractivity contribution in [1.29, 1.82) is 0 Å². The topological polar surface area (TPSA) is 80.5 Å². The Kier molecular flexibility index (Phi) is 6.83. The van der Waals surface area contributed by atoms with Crippen LogP contribution in [0.1, 0.15) is 39.3 Å². The summed E-state index contributed by atoms with van der Waals surface area (Å²) in [6.45, 7) is 9.85. The third kappa shape index (κ3) is 4.82. The maximum atomic E-state index is 12.9. The van der Waals surface area contributed by atoms with E-state index in [1.807, 2.05) is 38.1 Å². The minimum atomic E-state index is -0.139. The van der Waals surface area contributed by atoms with Gasteiger partial charge >= 0.3 is 0 Å². The summed E-state index contributed by atoms with van der Waals surface area (Å²) >= 11 is 3.47. The molecule has 0 atom stereocenters. The minimum absolute atomic E-state index is 0.0710. The Morgan fingerprint density at radius 3 is 2.72 bits per heavy atom. The maximum absolute atomic E-state index is 12.9. The van der Waals surface area contributed by atoms with Crippen molar-refractivity contribution in [1.82, 2.24) is 20.1 Å². The molecular formula is C24H30BrN5O2. The molecule has 0 radical (unpaired) electrons. The molecule has 7 nitrogen and oxygen atoms in total. The number of nitrogens with zero attached hydrogens (tertiary/aromatic N) is 2. The van der Waals surface area contributed by atoms with Crippen LogP contribution in [-0.4, -0.2) is 72.9 Å². The molecule has 1 saturated heterocycles. The van der Waals surface area contributed by atoms with E-state index in [4.69, 9.17) is 0 Å². The van der Waals surface area contributed by atoms with Gasteiger partial charge in [0, 0.05) is 59.8 Å². The molecule has 0 saturated carbocycles. The number of fused-ring (bicyclic) bond motifs is 1. The first-order valence-corrected chi connectivity index (χ1v) is 11.8. The third-order valence-corrected chi connectivity index (χ3v) is 6.78. The summed E-state index contributed by atoms with van der Waals surface area (Å²) in [6, 6.07) is 5.71. The summed E-state index contributed by atoms with van der Waals surface area (Å²) in [4.78, 5) is 33.5. The van der Waals surface area contributed by atoms with Crippen LogP contribution in [0.3, 0.4) is 0 Å². The minimum Gasteiger partial charge on any atom is -0.358 e. The van der Waals surface area contributed by atoms with Crippen molar-refractivity contribution < 1.29 is 9.59 Å². The van der Waals surface area contributed by atoms with E-state index < -0.39 is 0 Å². The monoisotopic (exact) mass is 499 g/mol. The van der Waals surface area contributed by atoms with Gasteiger partial charge in [0.05, 0.1) is 11.1 Å². The van der Waals surface area contributed by atoms with Crippen LogP contribution in [0, 0.1) is 13.8 Å². The van der Waals surface area contributed by atoms with Crippen LogP contribution >= 0.6 is 15.9 Å². The zero-order valence-corrected chi connectivity index (χ0v) is 20.4. The number of carbonyl (C=O) groups excluding carboxylic acids is 2. The van der Waals surface area contributed by atoms with Gasteiger partial charge in [-0.3, -0.25) is 9.59 Å². The summed E-state index contributed by atoms with van der Waals surface area (Å²) in [5.41, 5.74) is 5.33. The van der Waals surface area contributed by atoms with Gasteiger partial charge in [-0.25, -0.2) is 0 Å². The number of anilines is 1. The molecule has 2 aliphatic heterocycles. The predicted octanol–water partition coefficient (Wildman–Crippen LogP) is 3.25. The molecule has 0 spiro atoms. The second kappa shape index (κ2) is 9.60. The lowest BCUT2D eigenvalue weighted by Crippen LogP contribution is -2.45. The zero-order valence-electron chi connectivity index (χ0n) is 18.8. The molecule has 170 valence electrons. The van der Waals surface area contributed by atoms with Crippen molar-refractivity contribution in [3.63, 3.8) is 0 Å². The number of halogens is 1. The number of amides is 2. The van der Waals surface area contributed by atoms with Crippen LogP contribution in [0.5, 0.6) is 0 Å². The van der Waals surface area contributed by atoms with Gasteiger partial charge in [-0.15, -0.1) is 0 Å². The molecule has 1 aromatic carbocycles. The van der Waals surface area contributed by atoms with Gasteiger partial charge in [0.1, 0.15) is 0 Å². The highest BCUT2D eigenvalue weighted by atomic mass is 79.9. The number of rotatable bonds is 6. The first kappa shape index (κ1) is 22.8. The number of carbonyl (C=O) groups is 2. The van der Waals surface area contributed by atoms with Crippen molar-refractivity contribution in [2.45, 2.75) is 20.3 Å². The van der Waals surface area contributed by atoms with Crippen molar-refractivity contribution in [2.24, 2.45) is 0 Å². The molecule has 2 aliphatic rings. The predicted molar refractivity (Wildman–Crippen MR) is 132 cm³/mol. The summed E-state index contributed by atoms with van der Waals surface area (Å²) < 4.78 is 0.912. The summed E-state index contributed by atoms with van der Waals surface area (Å²) in [6.07, 6.45) is 2.76. The van der Waals surface area contributed by atoms with Crippen molar-refractivity contribution in [2.75, 3.05) is 51.6 Å². The van der Waals surface area contributed by atoms with Gasteiger partial charge in [-0.1, -0.05) is 15.9 Å². The highest BCUT2D eigenvalue weighted by molar-refractivity contribution is 9.10. The number of H-pyrrole nitrogens is 1. The number of aromatic amines is 1. The normalized spacial score (nSPS) is 18.1. The molecule has 2 aromatic rings. The van der Waals surface area contributed by atoms with E-state index in [9.17, 15) is 9.59 Å². The van der Waals surface area contributed by atoms with E-state index >= 15 is 0 Å². The first-order valence-electron chi connectivity index (χ1n) is 11.0. The lowest BCUT2D eigenvalue weighted by molar-refractivity contribution is -0.110. The lowest BCUT2D eigenvalue weighted by atomic mass is 10.0. The molecule has 4 rings (SSSR count). The van der Waals surface area contributed by atoms with Gasteiger partial charge in [0.2, 0.25) is 0 Å². The van der Waals surface area contributed by atoms with Gasteiger partial charge in [0.15, 0.2) is 0 Å². The Hall–Kier alpha value is -2.42. The number of nitrogens with one attached hydrogen (secondary N) is 3. The number of likely N-dealkylation sites (N-methyl/N-ethyl adjacent to an activating group) is 1. The standard InChI is InChI=1S/C24H30BrN5O2/c1-15-21(14-19-18-13-17(25)5-6-20(18)28-23(19)31)27-16(2)22(15)24(32)26-7-4-8-30-11-9-29(3)10-12-30/h5-6,13-14,27H,4,7-12H2,1-3H3,(H,26,32)(H,28,31). The van der Waals surface area contributed by atoms with E-state index in [1.165, 1.54) is 0 Å². The molecule has 1 aromatic heterocycles. The molecule has 8 heteroatoms. The summed E-state index contributed by atoms with van der Waals surface area (Å²) in [7, 11) is 2.15. The van der Waals surface area contributed by atoms with E-state index in [2.05, 4.69) is 48.4 Å². The molecule has 0 aliphatic carbocycles. The van der Waals surface area contributed by atoms with Gasteiger partial charge in [-0.2, -0.15) is 0 Å². The highest BCUT2D eigenvalue weighted by Gasteiger charge is 2.26. The number of hydrogen-bond acceptors (Lipinski definition) is 4. The van der Waals surface area contributed by atoms with Crippen LogP contribution < -0.4 is 10.6 Å². The number of benzene rings is 1. The summed E-state index contributed by atoms with van der Waals surface area (Å²) in [5, 5.41) is 5.96. The molecule has 1 fully saturated rings. The maximum Gasteiger partial charge on any atom is 0.256 e. The number of piperazine rings is 1. The molecule has 2 amide bonds. The Morgan fingerprint density at radius 1 is 1.22 bits per heavy atom. The van der Waals surface area contributed by atoms with Gasteiger partial charge in [0.25, 0.3) is 11.8 Å². The van der Waals surface area contributed by atoms with Crippen molar-refractivity contribution in [3.05, 3.63) is 50.8 Å². The molecular weight excluding hydrogens is 470 g/mol. The third-order valence-electron chi connectivity index (χ3n) is 6.29. The average Bonchev–Trinajstić information content (AvgIpc) is 3.21. The fourth-order valence-corrected chi connectivity index (χ4v) is 4.73. The Balaban J connectivity index is 1.42. The van der Waals surface area contributed by atoms with Crippen LogP contribution in [0.15, 0.2) is 22.7 Å². The van der Waals surface area contributed by atoms with Crippen molar-refractivity contribution in [3.8, 4) is 0 Å². The molecule has 3 N–H and O–H groups in total. The molecule has 0 bridgehead atoms. The highest BCUT2D eigenvalue weighted by Crippen LogP contribution is 2.35. The lowest BCUT2D eigenvalue weighted by Gasteiger charge is -2.32. The van der Waals surface area contributed by atoms with Gasteiger partial charge in [-0.05, 0) is 63.7 Å². The Bertz CT molecular complexity index is 1070. The summed E-state index contributed by atoms with van der Waals surface area (Å²) in [5.74, 6) is -0.210. The average molecular weight is 500 g/mol. The molecule has 3 heterocycles. The SMILES string of the molecule is Cc1[nH]c(C=C2C(=O)Nc3ccc(Br)cc32)c(C)c1C(=O)NCCCN1CCN(C)CC1. The fourth-order valence-electron chi connectivity index (χ4n) is 4.37. The Labute approximate surface area is 197 Å². The van der Waals surface area contributed by atoms with E-state index in [0.717, 1.165) is 71.8 Å². The largest absolute Gasteiger partial charge is 0.358 e. The van der Waals surface area contributed by atoms with E-state index in [1.54, 1.807) is 0 Å². The Morgan fingerprint density at radius 2 is 1.97 bits per heavy atom. The van der Waals surface area contributed by atoms with Crippen LogP contribution in [0.2, 0.25) is 0 Å². The molecule has 0 unspecified atom stereocenters. The van der Waals surface area contributed by atoms with Crippen LogP contribution in [0.4, 0.5) is 5.69 Å². The smallest absolute Gasteiger partial charge is 0.256 e. The number of hydrogen-bond donors (Lipinski definition) is 3.